The van der Waals surface area contributed by atoms with Crippen LogP contribution in [-0.2, 0) is 23.0 Å². The number of pyridine rings is 1. The number of nitriles is 1. The van der Waals surface area contributed by atoms with Crippen molar-refractivity contribution in [1.29, 1.82) is 5.26 Å². The van der Waals surface area contributed by atoms with E-state index in [1.165, 1.54) is 11.8 Å². The number of hydrogen-bond donors (Lipinski definition) is 0. The van der Waals surface area contributed by atoms with Crippen LogP contribution in [0.3, 0.4) is 0 Å². The topological polar surface area (TPSA) is 117 Å². The molecular formula is C21H21N7O2S2. The Morgan fingerprint density at radius 3 is 2.84 bits per heavy atom. The van der Waals surface area contributed by atoms with Gasteiger partial charge in [0.2, 0.25) is 5.78 Å². The molecule has 32 heavy (non-hydrogen) atoms. The number of hydrogen-bond acceptors (Lipinski definition) is 8. The van der Waals surface area contributed by atoms with Crippen molar-refractivity contribution in [2.24, 2.45) is 7.05 Å². The van der Waals surface area contributed by atoms with E-state index >= 15 is 0 Å². The maximum atomic E-state index is 12.3. The predicted molar refractivity (Wildman–Crippen MR) is 123 cm³/mol. The van der Waals surface area contributed by atoms with Gasteiger partial charge in [-0.25, -0.2) is 15.0 Å². The van der Waals surface area contributed by atoms with Crippen molar-refractivity contribution in [3.8, 4) is 28.5 Å². The molecule has 1 unspecified atom stereocenters. The number of aromatic nitrogens is 6. The molecule has 0 saturated heterocycles. The van der Waals surface area contributed by atoms with Gasteiger partial charge in [0.15, 0.2) is 5.08 Å². The third kappa shape index (κ3) is 4.63. The maximum absolute atomic E-state index is 12.3. The monoisotopic (exact) mass is 467 g/mol. The number of aryl methyl sites for hydroxylation is 2. The Bertz CT molecular complexity index is 1300. The van der Waals surface area contributed by atoms with Crippen molar-refractivity contribution in [3.63, 3.8) is 0 Å². The fraction of sp³-hybridized carbons (Fsp3) is 0.286. The largest absolute Gasteiger partial charge is 0.616 e. The van der Waals surface area contributed by atoms with E-state index in [1.807, 2.05) is 43.0 Å². The van der Waals surface area contributed by atoms with E-state index in [-0.39, 0.29) is 0 Å². The van der Waals surface area contributed by atoms with E-state index in [0.717, 1.165) is 22.4 Å². The molecule has 0 amide bonds. The van der Waals surface area contributed by atoms with Crippen LogP contribution in [0.15, 0.2) is 42.1 Å². The Hall–Kier alpha value is -2.91. The lowest BCUT2D eigenvalue weighted by Gasteiger charge is -2.13. The highest BCUT2D eigenvalue weighted by Gasteiger charge is 2.20. The van der Waals surface area contributed by atoms with Crippen molar-refractivity contribution in [3.05, 3.63) is 48.3 Å². The van der Waals surface area contributed by atoms with Crippen LogP contribution in [0.4, 0.5) is 0 Å². The summed E-state index contributed by atoms with van der Waals surface area (Å²) in [5.41, 5.74) is 4.28. The van der Waals surface area contributed by atoms with Gasteiger partial charge >= 0.3 is 0 Å². The molecule has 0 radical (unpaired) electrons. The minimum atomic E-state index is -1.10. The van der Waals surface area contributed by atoms with Gasteiger partial charge in [-0.15, -0.1) is 0 Å². The van der Waals surface area contributed by atoms with E-state index in [9.17, 15) is 9.81 Å². The summed E-state index contributed by atoms with van der Waals surface area (Å²) in [4.78, 5) is 13.3. The van der Waals surface area contributed by atoms with Crippen LogP contribution >= 0.6 is 11.8 Å². The zero-order valence-electron chi connectivity index (χ0n) is 17.8. The SMILES string of the molecule is COCC[S+]([O-])CSc1nc(-c2cnc3nccn3c2)cc(-c2cn(C)nc2C)c1C#N. The van der Waals surface area contributed by atoms with E-state index in [2.05, 4.69) is 21.1 Å². The molecule has 0 aliphatic carbocycles. The van der Waals surface area contributed by atoms with Gasteiger partial charge in [0.05, 0.1) is 23.6 Å². The summed E-state index contributed by atoms with van der Waals surface area (Å²) in [7, 11) is 3.42. The summed E-state index contributed by atoms with van der Waals surface area (Å²) in [6.07, 6.45) is 8.99. The Balaban J connectivity index is 1.81. The molecule has 0 saturated carbocycles. The van der Waals surface area contributed by atoms with E-state index in [4.69, 9.17) is 9.72 Å². The number of fused-ring (bicyclic) bond motifs is 1. The molecule has 4 rings (SSSR count). The molecule has 0 spiro atoms. The maximum Gasteiger partial charge on any atom is 0.233 e. The number of nitrogens with zero attached hydrogens (tertiary/aromatic N) is 7. The molecular weight excluding hydrogens is 446 g/mol. The van der Waals surface area contributed by atoms with Crippen molar-refractivity contribution >= 4 is 28.7 Å². The van der Waals surface area contributed by atoms with Crippen molar-refractivity contribution in [1.82, 2.24) is 29.1 Å². The Morgan fingerprint density at radius 2 is 2.12 bits per heavy atom. The van der Waals surface area contributed by atoms with Crippen LogP contribution in [0.2, 0.25) is 0 Å². The third-order valence-corrected chi connectivity index (χ3v) is 7.50. The number of imidazole rings is 1. The van der Waals surface area contributed by atoms with Crippen LogP contribution in [-0.4, -0.2) is 58.2 Å². The van der Waals surface area contributed by atoms with Gasteiger partial charge in [-0.2, -0.15) is 10.4 Å². The summed E-state index contributed by atoms with van der Waals surface area (Å²) in [6.45, 7) is 2.32. The number of methoxy groups -OCH3 is 1. The molecule has 0 fully saturated rings. The predicted octanol–water partition coefficient (Wildman–Crippen LogP) is 2.82. The fourth-order valence-corrected chi connectivity index (χ4v) is 5.52. The van der Waals surface area contributed by atoms with Gasteiger partial charge in [0.1, 0.15) is 16.8 Å². The van der Waals surface area contributed by atoms with Crippen molar-refractivity contribution in [2.75, 3.05) is 24.6 Å². The van der Waals surface area contributed by atoms with Gasteiger partial charge < -0.3 is 9.29 Å². The second-order valence-electron chi connectivity index (χ2n) is 7.02. The highest BCUT2D eigenvalue weighted by molar-refractivity contribution is 8.12. The molecule has 9 nitrogen and oxygen atoms in total. The minimum Gasteiger partial charge on any atom is -0.616 e. The highest BCUT2D eigenvalue weighted by atomic mass is 32.3. The summed E-state index contributed by atoms with van der Waals surface area (Å²) in [5.74, 6) is 1.02. The van der Waals surface area contributed by atoms with Gasteiger partial charge in [-0.05, 0) is 24.2 Å². The lowest BCUT2D eigenvalue weighted by Crippen LogP contribution is -2.13. The molecule has 4 heterocycles. The highest BCUT2D eigenvalue weighted by Crippen LogP contribution is 2.35. The number of thioether (sulfide) groups is 1. The minimum absolute atomic E-state index is 0.318. The number of ether oxygens (including phenoxy) is 1. The standard InChI is InChI=1S/C21H21N7O2S2/c1-14-18(12-27(2)26-14)16-8-19(15-10-24-21-23-4-5-28(21)11-15)25-20(17(16)9-22)31-13-32(29)7-6-30-3/h4-5,8,10-12H,6-7,13H2,1-3H3. The lowest BCUT2D eigenvalue weighted by molar-refractivity contribution is 0.217. The molecule has 0 bridgehead atoms. The normalized spacial score (nSPS) is 12.2. The average molecular weight is 468 g/mol. The Kier molecular flexibility index (Phi) is 6.76. The van der Waals surface area contributed by atoms with E-state index in [1.54, 1.807) is 24.2 Å². The molecule has 4 aromatic heterocycles. The molecule has 0 aliphatic heterocycles. The quantitative estimate of drug-likeness (QED) is 0.287. The molecule has 0 aromatic carbocycles. The fourth-order valence-electron chi connectivity index (χ4n) is 3.26. The van der Waals surface area contributed by atoms with E-state index in [0.29, 0.717) is 39.5 Å². The van der Waals surface area contributed by atoms with Gasteiger partial charge in [-0.3, -0.25) is 9.08 Å². The smallest absolute Gasteiger partial charge is 0.233 e. The summed E-state index contributed by atoms with van der Waals surface area (Å²) in [5, 5.41) is 15.3. The summed E-state index contributed by atoms with van der Waals surface area (Å²) < 4.78 is 20.9. The average Bonchev–Trinajstić information content (AvgIpc) is 3.40. The van der Waals surface area contributed by atoms with Crippen LogP contribution < -0.4 is 0 Å². The zero-order chi connectivity index (χ0) is 22.7. The molecule has 164 valence electrons. The first-order chi connectivity index (χ1) is 15.5. The van der Waals surface area contributed by atoms with E-state index < -0.39 is 11.2 Å². The first-order valence-corrected chi connectivity index (χ1v) is 12.2. The zero-order valence-corrected chi connectivity index (χ0v) is 19.5. The second-order valence-corrected chi connectivity index (χ2v) is 9.93. The Morgan fingerprint density at radius 1 is 1.28 bits per heavy atom. The van der Waals surface area contributed by atoms with Gasteiger partial charge in [0, 0.05) is 61.8 Å². The second kappa shape index (κ2) is 9.70. The van der Waals surface area contributed by atoms with Crippen LogP contribution in [0.5, 0.6) is 0 Å². The molecule has 4 aromatic rings. The Labute approximate surface area is 192 Å². The molecule has 0 N–H and O–H groups in total. The van der Waals surface area contributed by atoms with Crippen LogP contribution in [0.1, 0.15) is 11.3 Å². The van der Waals surface area contributed by atoms with Crippen LogP contribution in [0, 0.1) is 18.3 Å². The number of rotatable bonds is 8. The van der Waals surface area contributed by atoms with Gasteiger partial charge in [-0.1, -0.05) is 11.8 Å². The molecule has 11 heteroatoms. The van der Waals surface area contributed by atoms with Crippen molar-refractivity contribution in [2.45, 2.75) is 11.9 Å². The molecule has 1 atom stereocenters. The first kappa shape index (κ1) is 22.3. The summed E-state index contributed by atoms with van der Waals surface area (Å²) in [6, 6.07) is 4.18. The molecule has 0 aliphatic rings. The first-order valence-electron chi connectivity index (χ1n) is 9.71. The lowest BCUT2D eigenvalue weighted by atomic mass is 10.0. The van der Waals surface area contributed by atoms with Gasteiger partial charge in [0.25, 0.3) is 0 Å². The van der Waals surface area contributed by atoms with Crippen molar-refractivity contribution < 1.29 is 9.29 Å². The van der Waals surface area contributed by atoms with Crippen LogP contribution in [0.25, 0.3) is 28.2 Å². The summed E-state index contributed by atoms with van der Waals surface area (Å²) >= 11 is 0.211. The third-order valence-electron chi connectivity index (χ3n) is 4.79.